The Morgan fingerprint density at radius 3 is 2.27 bits per heavy atom. The van der Waals surface area contributed by atoms with Gasteiger partial charge in [0, 0.05) is 16.7 Å². The first-order valence-electron chi connectivity index (χ1n) is 7.98. The van der Waals surface area contributed by atoms with Crippen molar-refractivity contribution in [1.82, 2.24) is 10.3 Å². The number of aliphatic carboxylic acids is 1. The van der Waals surface area contributed by atoms with E-state index in [1.54, 1.807) is 17.6 Å². The van der Waals surface area contributed by atoms with Gasteiger partial charge in [0.25, 0.3) is 11.8 Å². The summed E-state index contributed by atoms with van der Waals surface area (Å²) in [4.78, 5) is 40.1. The minimum Gasteiger partial charge on any atom is -0.480 e. The molecule has 2 amide bonds. The monoisotopic (exact) mass is 375 g/mol. The van der Waals surface area contributed by atoms with E-state index in [2.05, 4.69) is 15.6 Å². The molecule has 0 spiro atoms. The van der Waals surface area contributed by atoms with Gasteiger partial charge in [-0.05, 0) is 31.2 Å². The van der Waals surface area contributed by atoms with Crippen molar-refractivity contribution in [3.63, 3.8) is 0 Å². The Hall–Kier alpha value is -2.74. The zero-order valence-electron chi connectivity index (χ0n) is 15.0. The lowest BCUT2D eigenvalue weighted by Gasteiger charge is -2.17. The van der Waals surface area contributed by atoms with Gasteiger partial charge in [-0.2, -0.15) is 0 Å². The number of carboxylic acid groups (broad SMARTS) is 1. The van der Waals surface area contributed by atoms with Gasteiger partial charge in [0.1, 0.15) is 10.9 Å². The van der Waals surface area contributed by atoms with Gasteiger partial charge in [-0.1, -0.05) is 20.8 Å². The fourth-order valence-electron chi connectivity index (χ4n) is 2.18. The lowest BCUT2D eigenvalue weighted by molar-refractivity contribution is -0.138. The zero-order valence-corrected chi connectivity index (χ0v) is 15.8. The standard InChI is InChI=1S/C18H21N3O4S/c1-10(17(24)25)20-15(22)11-5-7-12(8-6-11)21-16(23)13-14(18(2,3)4)19-9-26-13/h5-10H,1-4H3,(H,20,22)(H,21,23)(H,24,25). The van der Waals surface area contributed by atoms with Crippen LogP contribution in [0.5, 0.6) is 0 Å². The summed E-state index contributed by atoms with van der Waals surface area (Å²) in [6, 6.07) is 5.25. The largest absolute Gasteiger partial charge is 0.480 e. The molecule has 8 heteroatoms. The highest BCUT2D eigenvalue weighted by Gasteiger charge is 2.25. The lowest BCUT2D eigenvalue weighted by Crippen LogP contribution is -2.38. The van der Waals surface area contributed by atoms with Crippen LogP contribution in [-0.2, 0) is 10.2 Å². The molecule has 7 nitrogen and oxygen atoms in total. The first-order valence-corrected chi connectivity index (χ1v) is 8.86. The summed E-state index contributed by atoms with van der Waals surface area (Å²) >= 11 is 1.28. The molecular weight excluding hydrogens is 354 g/mol. The maximum atomic E-state index is 12.5. The highest BCUT2D eigenvalue weighted by atomic mass is 32.1. The molecule has 0 radical (unpaired) electrons. The normalized spacial score (nSPS) is 12.3. The topological polar surface area (TPSA) is 108 Å². The smallest absolute Gasteiger partial charge is 0.325 e. The van der Waals surface area contributed by atoms with Gasteiger partial charge >= 0.3 is 5.97 Å². The number of hydrogen-bond donors (Lipinski definition) is 3. The predicted octanol–water partition coefficient (Wildman–Crippen LogP) is 2.90. The van der Waals surface area contributed by atoms with Crippen molar-refractivity contribution < 1.29 is 19.5 Å². The second-order valence-electron chi connectivity index (χ2n) is 6.84. The van der Waals surface area contributed by atoms with Crippen LogP contribution < -0.4 is 10.6 Å². The first kappa shape index (κ1) is 19.6. The van der Waals surface area contributed by atoms with Gasteiger partial charge in [-0.15, -0.1) is 11.3 Å². The molecule has 2 aromatic rings. The van der Waals surface area contributed by atoms with E-state index in [0.29, 0.717) is 16.1 Å². The number of nitrogens with one attached hydrogen (secondary N) is 2. The second-order valence-corrected chi connectivity index (χ2v) is 7.70. The number of anilines is 1. The molecule has 1 heterocycles. The Balaban J connectivity index is 2.08. The van der Waals surface area contributed by atoms with Crippen LogP contribution in [0, 0.1) is 0 Å². The van der Waals surface area contributed by atoms with E-state index in [4.69, 9.17) is 5.11 Å². The van der Waals surface area contributed by atoms with Gasteiger partial charge in [0.2, 0.25) is 0 Å². The van der Waals surface area contributed by atoms with Crippen LogP contribution in [0.15, 0.2) is 29.8 Å². The average Bonchev–Trinajstić information content (AvgIpc) is 3.05. The van der Waals surface area contributed by atoms with Gasteiger partial charge in [-0.25, -0.2) is 4.98 Å². The van der Waals surface area contributed by atoms with E-state index in [-0.39, 0.29) is 11.3 Å². The van der Waals surface area contributed by atoms with Crippen LogP contribution >= 0.6 is 11.3 Å². The van der Waals surface area contributed by atoms with Crippen LogP contribution in [0.3, 0.4) is 0 Å². The SMILES string of the molecule is CC(NC(=O)c1ccc(NC(=O)c2scnc2C(C)(C)C)cc1)C(=O)O. The van der Waals surface area contributed by atoms with E-state index >= 15 is 0 Å². The van der Waals surface area contributed by atoms with Crippen molar-refractivity contribution in [3.05, 3.63) is 45.9 Å². The number of amides is 2. The molecule has 2 rings (SSSR count). The number of carbonyl (C=O) groups excluding carboxylic acids is 2. The molecule has 0 aliphatic heterocycles. The van der Waals surface area contributed by atoms with Crippen molar-refractivity contribution in [2.45, 2.75) is 39.2 Å². The van der Waals surface area contributed by atoms with Crippen LogP contribution in [0.4, 0.5) is 5.69 Å². The summed E-state index contributed by atoms with van der Waals surface area (Å²) in [5.74, 6) is -1.86. The van der Waals surface area contributed by atoms with Crippen molar-refractivity contribution >= 4 is 34.8 Å². The third-order valence-electron chi connectivity index (χ3n) is 3.61. The average molecular weight is 375 g/mol. The highest BCUT2D eigenvalue weighted by molar-refractivity contribution is 7.12. The van der Waals surface area contributed by atoms with Crippen molar-refractivity contribution in [2.24, 2.45) is 0 Å². The quantitative estimate of drug-likeness (QED) is 0.745. The van der Waals surface area contributed by atoms with Crippen LogP contribution in [0.2, 0.25) is 0 Å². The Morgan fingerprint density at radius 2 is 1.73 bits per heavy atom. The fourth-order valence-corrected chi connectivity index (χ4v) is 3.07. The summed E-state index contributed by atoms with van der Waals surface area (Å²) in [6.07, 6.45) is 0. The van der Waals surface area contributed by atoms with Gasteiger partial charge in [-0.3, -0.25) is 14.4 Å². The summed E-state index contributed by atoms with van der Waals surface area (Å²) in [5.41, 5.74) is 2.98. The maximum absolute atomic E-state index is 12.5. The molecule has 0 aliphatic rings. The minimum absolute atomic E-state index is 0.241. The van der Waals surface area contributed by atoms with E-state index < -0.39 is 17.9 Å². The molecule has 1 aromatic heterocycles. The molecule has 0 saturated carbocycles. The molecule has 0 bridgehead atoms. The number of aromatic nitrogens is 1. The number of benzene rings is 1. The zero-order chi connectivity index (χ0) is 19.5. The molecule has 3 N–H and O–H groups in total. The van der Waals surface area contributed by atoms with Crippen LogP contribution in [-0.4, -0.2) is 33.9 Å². The molecule has 26 heavy (non-hydrogen) atoms. The molecule has 1 unspecified atom stereocenters. The molecule has 1 aromatic carbocycles. The molecule has 0 aliphatic carbocycles. The van der Waals surface area contributed by atoms with E-state index in [0.717, 1.165) is 5.69 Å². The molecule has 0 fully saturated rings. The number of carboxylic acids is 1. The Morgan fingerprint density at radius 1 is 1.12 bits per heavy atom. The third-order valence-corrected chi connectivity index (χ3v) is 4.43. The Kier molecular flexibility index (Phi) is 5.76. The third kappa shape index (κ3) is 4.66. The Bertz CT molecular complexity index is 822. The van der Waals surface area contributed by atoms with Crippen molar-refractivity contribution in [2.75, 3.05) is 5.32 Å². The fraction of sp³-hybridized carbons (Fsp3) is 0.333. The number of thiazole rings is 1. The number of carbonyl (C=O) groups is 3. The minimum atomic E-state index is -1.11. The molecule has 138 valence electrons. The van der Waals surface area contributed by atoms with Crippen molar-refractivity contribution in [1.29, 1.82) is 0 Å². The van der Waals surface area contributed by atoms with E-state index in [1.807, 2.05) is 20.8 Å². The number of nitrogens with zero attached hydrogens (tertiary/aromatic N) is 1. The predicted molar refractivity (Wildman–Crippen MR) is 99.8 cm³/mol. The van der Waals surface area contributed by atoms with Gasteiger partial charge < -0.3 is 15.7 Å². The van der Waals surface area contributed by atoms with E-state index in [9.17, 15) is 14.4 Å². The number of rotatable bonds is 5. The summed E-state index contributed by atoms with van der Waals surface area (Å²) in [5, 5.41) is 14.0. The Labute approximate surface area is 155 Å². The first-order chi connectivity index (χ1) is 12.1. The molecule has 1 atom stereocenters. The molecule has 0 saturated heterocycles. The highest BCUT2D eigenvalue weighted by Crippen LogP contribution is 2.27. The van der Waals surface area contributed by atoms with Crippen LogP contribution in [0.1, 0.15) is 53.4 Å². The molecular formula is C18H21N3O4S. The van der Waals surface area contributed by atoms with Gasteiger partial charge in [0.05, 0.1) is 11.2 Å². The van der Waals surface area contributed by atoms with Gasteiger partial charge in [0.15, 0.2) is 0 Å². The lowest BCUT2D eigenvalue weighted by atomic mass is 9.91. The summed E-state index contributed by atoms with van der Waals surface area (Å²) in [6.45, 7) is 7.36. The summed E-state index contributed by atoms with van der Waals surface area (Å²) < 4.78 is 0. The maximum Gasteiger partial charge on any atom is 0.325 e. The van der Waals surface area contributed by atoms with E-state index in [1.165, 1.54) is 30.4 Å². The summed E-state index contributed by atoms with van der Waals surface area (Å²) in [7, 11) is 0. The van der Waals surface area contributed by atoms with Crippen molar-refractivity contribution in [3.8, 4) is 0 Å². The van der Waals surface area contributed by atoms with Crippen LogP contribution in [0.25, 0.3) is 0 Å². The second kappa shape index (κ2) is 7.65. The number of hydrogen-bond acceptors (Lipinski definition) is 5.